The first-order chi connectivity index (χ1) is 14.9. The minimum absolute atomic E-state index is 0.0762. The van der Waals surface area contributed by atoms with Gasteiger partial charge in [-0.2, -0.15) is 0 Å². The lowest BCUT2D eigenvalue weighted by Gasteiger charge is -2.16. The Kier molecular flexibility index (Phi) is 6.55. The quantitative estimate of drug-likeness (QED) is 0.509. The topological polar surface area (TPSA) is 78.3 Å². The lowest BCUT2D eigenvalue weighted by molar-refractivity contribution is -0.128. The molecule has 0 radical (unpaired) electrons. The molecule has 2 aromatic carbocycles. The van der Waals surface area contributed by atoms with Crippen LogP contribution < -0.4 is 4.74 Å². The number of hydrogen-bond donors (Lipinski definition) is 0. The molecule has 0 N–H and O–H groups in total. The van der Waals surface area contributed by atoms with Gasteiger partial charge in [0, 0.05) is 23.8 Å². The third-order valence-corrected chi connectivity index (χ3v) is 6.21. The number of sulfone groups is 1. The molecule has 1 aromatic heterocycles. The van der Waals surface area contributed by atoms with Gasteiger partial charge in [0.25, 0.3) is 0 Å². The zero-order valence-electron chi connectivity index (χ0n) is 18.8. The van der Waals surface area contributed by atoms with Crippen molar-refractivity contribution in [2.24, 2.45) is 5.41 Å². The van der Waals surface area contributed by atoms with Gasteiger partial charge in [0.2, 0.25) is 5.88 Å². The minimum Gasteiger partial charge on any atom is -0.468 e. The molecule has 0 fully saturated rings. The van der Waals surface area contributed by atoms with Crippen molar-refractivity contribution >= 4 is 15.6 Å². The highest BCUT2D eigenvalue weighted by molar-refractivity contribution is 7.90. The van der Waals surface area contributed by atoms with Crippen LogP contribution in [0.3, 0.4) is 0 Å². The Morgan fingerprint density at radius 3 is 2.09 bits per heavy atom. The molecule has 32 heavy (non-hydrogen) atoms. The third-order valence-electron chi connectivity index (χ3n) is 5.09. The Balaban J connectivity index is 2.16. The number of rotatable bonds is 7. The molecule has 0 unspecified atom stereocenters. The molecule has 0 saturated heterocycles. The monoisotopic (exact) mass is 458 g/mol. The largest absolute Gasteiger partial charge is 0.468 e. The molecule has 0 spiro atoms. The van der Waals surface area contributed by atoms with Gasteiger partial charge in [-0.05, 0) is 36.8 Å². The molecular weight excluding hydrogens is 431 g/mol. The maximum absolute atomic E-state index is 13.6. The zero-order chi connectivity index (χ0) is 23.7. The van der Waals surface area contributed by atoms with E-state index in [1.807, 2.05) is 27.7 Å². The number of benzene rings is 2. The average molecular weight is 459 g/mol. The molecule has 6 nitrogen and oxygen atoms in total. The number of carbonyl (C=O) groups excluding carboxylic acids is 1. The van der Waals surface area contributed by atoms with E-state index < -0.39 is 15.3 Å². The minimum atomic E-state index is -3.34. The van der Waals surface area contributed by atoms with Crippen LogP contribution in [-0.4, -0.2) is 36.8 Å². The van der Waals surface area contributed by atoms with Crippen molar-refractivity contribution in [3.8, 4) is 28.3 Å². The van der Waals surface area contributed by atoms with Crippen molar-refractivity contribution in [3.05, 3.63) is 54.3 Å². The van der Waals surface area contributed by atoms with Crippen molar-refractivity contribution in [3.63, 3.8) is 0 Å². The van der Waals surface area contributed by atoms with Gasteiger partial charge in [-0.25, -0.2) is 12.8 Å². The normalized spacial score (nSPS) is 12.1. The summed E-state index contributed by atoms with van der Waals surface area (Å²) in [5.41, 5.74) is 2.14. The fourth-order valence-corrected chi connectivity index (χ4v) is 3.78. The average Bonchev–Trinajstić information content (AvgIpc) is 3.10. The predicted molar refractivity (Wildman–Crippen MR) is 122 cm³/mol. The summed E-state index contributed by atoms with van der Waals surface area (Å²) in [5, 5.41) is 4.56. The summed E-state index contributed by atoms with van der Waals surface area (Å²) in [4.78, 5) is 12.6. The van der Waals surface area contributed by atoms with E-state index in [-0.39, 0.29) is 29.0 Å². The van der Waals surface area contributed by atoms with Gasteiger partial charge in [-0.1, -0.05) is 45.0 Å². The first-order valence-electron chi connectivity index (χ1n) is 10.2. The number of ketones is 1. The summed E-state index contributed by atoms with van der Waals surface area (Å²) in [6, 6.07) is 12.4. The summed E-state index contributed by atoms with van der Waals surface area (Å²) in [5.74, 6) is -0.188. The van der Waals surface area contributed by atoms with E-state index >= 15 is 0 Å². The van der Waals surface area contributed by atoms with Crippen molar-refractivity contribution in [2.45, 2.75) is 39.1 Å². The van der Waals surface area contributed by atoms with Crippen LogP contribution in [-0.2, 0) is 21.2 Å². The number of halogens is 1. The Morgan fingerprint density at radius 1 is 1.03 bits per heavy atom. The van der Waals surface area contributed by atoms with Gasteiger partial charge in [-0.15, -0.1) is 5.10 Å². The van der Waals surface area contributed by atoms with Gasteiger partial charge in [0.15, 0.2) is 15.6 Å². The predicted octanol–water partition coefficient (Wildman–Crippen LogP) is 4.77. The Hall–Kier alpha value is -3.00. The summed E-state index contributed by atoms with van der Waals surface area (Å²) in [6.45, 7) is 7.73. The van der Waals surface area contributed by atoms with E-state index in [1.165, 1.54) is 24.3 Å². The number of ether oxygens (including phenoxy) is 1. The van der Waals surface area contributed by atoms with Crippen molar-refractivity contribution in [1.29, 1.82) is 0 Å². The molecule has 0 aliphatic carbocycles. The van der Waals surface area contributed by atoms with Crippen molar-refractivity contribution in [1.82, 2.24) is 9.78 Å². The number of hydrogen-bond acceptors (Lipinski definition) is 5. The molecule has 0 aliphatic rings. The van der Waals surface area contributed by atoms with Crippen LogP contribution >= 0.6 is 0 Å². The van der Waals surface area contributed by atoms with E-state index in [2.05, 4.69) is 5.10 Å². The van der Waals surface area contributed by atoms with Gasteiger partial charge in [0.1, 0.15) is 12.4 Å². The fraction of sp³-hybridized carbons (Fsp3) is 0.333. The van der Waals surface area contributed by atoms with Crippen LogP contribution in [0, 0.1) is 11.2 Å². The van der Waals surface area contributed by atoms with E-state index in [4.69, 9.17) is 4.74 Å². The maximum atomic E-state index is 13.6. The summed E-state index contributed by atoms with van der Waals surface area (Å²) < 4.78 is 44.9. The summed E-state index contributed by atoms with van der Waals surface area (Å²) in [7, 11) is -3.34. The molecule has 0 amide bonds. The molecule has 170 valence electrons. The molecule has 8 heteroatoms. The van der Waals surface area contributed by atoms with Crippen molar-refractivity contribution in [2.75, 3.05) is 12.9 Å². The highest BCUT2D eigenvalue weighted by atomic mass is 32.2. The lowest BCUT2D eigenvalue weighted by atomic mass is 9.91. The third kappa shape index (κ3) is 5.07. The van der Waals surface area contributed by atoms with Gasteiger partial charge >= 0.3 is 0 Å². The molecule has 0 saturated carbocycles. The lowest BCUT2D eigenvalue weighted by Crippen LogP contribution is -2.26. The fourth-order valence-electron chi connectivity index (χ4n) is 3.15. The second-order valence-electron chi connectivity index (χ2n) is 8.61. The second-order valence-corrected chi connectivity index (χ2v) is 10.6. The molecular formula is C24H27FN2O4S. The molecule has 3 rings (SSSR count). The van der Waals surface area contributed by atoms with Crippen molar-refractivity contribution < 1.29 is 22.3 Å². The number of aromatic nitrogens is 2. The van der Waals surface area contributed by atoms with Crippen LogP contribution in [0.5, 0.6) is 5.88 Å². The highest BCUT2D eigenvalue weighted by Crippen LogP contribution is 2.40. The summed E-state index contributed by atoms with van der Waals surface area (Å²) >= 11 is 0. The first-order valence-corrected chi connectivity index (χ1v) is 12.1. The number of carbonyl (C=O) groups is 1. The molecule has 0 atom stereocenters. The standard InChI is InChI=1S/C24H27FN2O4S/c1-6-27-22(17-9-13-19(14-10-17)32(5,29)30)21(16-7-11-18(25)12-8-16)23(26-27)31-15-20(28)24(2,3)4/h7-14H,6,15H2,1-5H3. The molecule has 0 bridgehead atoms. The van der Waals surface area contributed by atoms with Crippen LogP contribution in [0.4, 0.5) is 4.39 Å². The van der Waals surface area contributed by atoms with Crippen LogP contribution in [0.25, 0.3) is 22.4 Å². The van der Waals surface area contributed by atoms with E-state index in [9.17, 15) is 17.6 Å². The summed E-state index contributed by atoms with van der Waals surface area (Å²) in [6.07, 6.45) is 1.15. The zero-order valence-corrected chi connectivity index (χ0v) is 19.7. The van der Waals surface area contributed by atoms with E-state index in [1.54, 1.807) is 28.9 Å². The molecule has 3 aromatic rings. The smallest absolute Gasteiger partial charge is 0.241 e. The maximum Gasteiger partial charge on any atom is 0.241 e. The highest BCUT2D eigenvalue weighted by Gasteiger charge is 2.26. The molecule has 0 aliphatic heterocycles. The van der Waals surface area contributed by atoms with Gasteiger partial charge < -0.3 is 4.74 Å². The molecule has 1 heterocycles. The van der Waals surface area contributed by atoms with Gasteiger partial charge in [0.05, 0.1) is 16.2 Å². The van der Waals surface area contributed by atoms with Crippen LogP contribution in [0.1, 0.15) is 27.7 Å². The Morgan fingerprint density at radius 2 is 1.59 bits per heavy atom. The van der Waals surface area contributed by atoms with E-state index in [0.29, 0.717) is 23.4 Å². The van der Waals surface area contributed by atoms with E-state index in [0.717, 1.165) is 11.8 Å². The number of Topliss-reactive ketones (excluding diaryl/α,β-unsaturated/α-hetero) is 1. The van der Waals surface area contributed by atoms with Crippen LogP contribution in [0.2, 0.25) is 0 Å². The van der Waals surface area contributed by atoms with Gasteiger partial charge in [-0.3, -0.25) is 9.48 Å². The number of nitrogens with zero attached hydrogens (tertiary/aromatic N) is 2. The Bertz CT molecular complexity index is 1220. The number of aryl methyl sites for hydroxylation is 1. The SMILES string of the molecule is CCn1nc(OCC(=O)C(C)(C)C)c(-c2ccc(F)cc2)c1-c1ccc(S(C)(=O)=O)cc1. The second kappa shape index (κ2) is 8.86. The van der Waals surface area contributed by atoms with Crippen LogP contribution in [0.15, 0.2) is 53.4 Å². The first kappa shape index (κ1) is 23.7. The Labute approximate surface area is 188 Å².